The van der Waals surface area contributed by atoms with E-state index in [0.717, 1.165) is 18.1 Å². The Morgan fingerprint density at radius 2 is 1.81 bits per heavy atom. The fourth-order valence-corrected chi connectivity index (χ4v) is 1.88. The smallest absolute Gasteiger partial charge is 0.354 e. The van der Waals surface area contributed by atoms with Gasteiger partial charge < -0.3 is 15.5 Å². The molecule has 1 aromatic carbocycles. The Hall–Kier alpha value is -2.89. The lowest BCUT2D eigenvalue weighted by molar-refractivity contribution is 0.0690. The van der Waals surface area contributed by atoms with Gasteiger partial charge in [-0.3, -0.25) is 0 Å². The Bertz CT molecular complexity index is 656. The van der Waals surface area contributed by atoms with Crippen LogP contribution in [0.25, 0.3) is 0 Å². The Kier molecular flexibility index (Phi) is 4.50. The number of hydrogen-bond donors (Lipinski definition) is 3. The van der Waals surface area contributed by atoms with Crippen LogP contribution in [0.2, 0.25) is 0 Å². The Balaban J connectivity index is 2.09. The van der Waals surface area contributed by atoms with Crippen LogP contribution in [0.15, 0.2) is 42.6 Å². The van der Waals surface area contributed by atoms with E-state index in [1.807, 2.05) is 30.3 Å². The van der Waals surface area contributed by atoms with Gasteiger partial charge in [-0.15, -0.1) is 0 Å². The zero-order valence-electron chi connectivity index (χ0n) is 11.1. The van der Waals surface area contributed by atoms with Gasteiger partial charge in [0.25, 0.3) is 0 Å². The number of rotatable bonds is 6. The topological polar surface area (TPSA) is 99.5 Å². The average molecular weight is 286 g/mol. The molecule has 0 radical (unpaired) electrons. The predicted molar refractivity (Wildman–Crippen MR) is 76.8 cm³/mol. The van der Waals surface area contributed by atoms with Crippen LogP contribution < -0.4 is 5.32 Å². The number of carbonyl (C=O) groups is 2. The first-order chi connectivity index (χ1) is 10.1. The maximum absolute atomic E-state index is 11.2. The van der Waals surface area contributed by atoms with Crippen molar-refractivity contribution in [2.75, 3.05) is 11.9 Å². The molecule has 0 spiro atoms. The molecule has 0 unspecified atom stereocenters. The highest BCUT2D eigenvalue weighted by atomic mass is 16.4. The summed E-state index contributed by atoms with van der Waals surface area (Å²) >= 11 is 0. The zero-order chi connectivity index (χ0) is 15.2. The van der Waals surface area contributed by atoms with Gasteiger partial charge in [0.1, 0.15) is 5.69 Å². The highest BCUT2D eigenvalue weighted by molar-refractivity contribution is 5.97. The number of aromatic nitrogens is 1. The van der Waals surface area contributed by atoms with Crippen molar-refractivity contribution < 1.29 is 19.8 Å². The van der Waals surface area contributed by atoms with Crippen molar-refractivity contribution in [3.05, 3.63) is 59.4 Å². The lowest BCUT2D eigenvalue weighted by atomic mass is 10.1. The van der Waals surface area contributed by atoms with E-state index in [2.05, 4.69) is 10.3 Å². The summed E-state index contributed by atoms with van der Waals surface area (Å²) in [6, 6.07) is 10.8. The molecule has 2 aromatic rings. The van der Waals surface area contributed by atoms with E-state index in [1.165, 1.54) is 6.20 Å². The van der Waals surface area contributed by atoms with Crippen molar-refractivity contribution >= 4 is 17.6 Å². The average Bonchev–Trinajstić information content (AvgIpc) is 2.48. The lowest BCUT2D eigenvalue weighted by Gasteiger charge is -2.09. The summed E-state index contributed by atoms with van der Waals surface area (Å²) in [7, 11) is 0. The minimum Gasteiger partial charge on any atom is -0.478 e. The summed E-state index contributed by atoms with van der Waals surface area (Å²) in [5, 5.41) is 20.9. The molecule has 108 valence electrons. The van der Waals surface area contributed by atoms with Crippen molar-refractivity contribution in [3.63, 3.8) is 0 Å². The standard InChI is InChI=1S/C15H14N2O4/c18-14(19)11-8-12(15(20)21)17-9-13(11)16-7-6-10-4-2-1-3-5-10/h1-5,8-9,16H,6-7H2,(H,18,19)(H,20,21). The first-order valence-corrected chi connectivity index (χ1v) is 6.32. The molecular weight excluding hydrogens is 272 g/mol. The monoisotopic (exact) mass is 286 g/mol. The molecule has 21 heavy (non-hydrogen) atoms. The summed E-state index contributed by atoms with van der Waals surface area (Å²) in [5.74, 6) is -2.45. The largest absolute Gasteiger partial charge is 0.478 e. The quantitative estimate of drug-likeness (QED) is 0.752. The van der Waals surface area contributed by atoms with E-state index in [0.29, 0.717) is 12.2 Å². The van der Waals surface area contributed by atoms with Crippen LogP contribution in [0.1, 0.15) is 26.4 Å². The first kappa shape index (κ1) is 14.5. The Labute approximate surface area is 121 Å². The van der Waals surface area contributed by atoms with E-state index in [4.69, 9.17) is 10.2 Å². The van der Waals surface area contributed by atoms with Crippen LogP contribution in [0.4, 0.5) is 5.69 Å². The normalized spacial score (nSPS) is 10.1. The van der Waals surface area contributed by atoms with Crippen molar-refractivity contribution in [3.8, 4) is 0 Å². The Morgan fingerprint density at radius 1 is 1.10 bits per heavy atom. The molecule has 0 aliphatic rings. The molecule has 0 atom stereocenters. The second-order valence-electron chi connectivity index (χ2n) is 4.39. The number of hydrogen-bond acceptors (Lipinski definition) is 4. The fraction of sp³-hybridized carbons (Fsp3) is 0.133. The molecule has 1 heterocycles. The van der Waals surface area contributed by atoms with Gasteiger partial charge in [0.05, 0.1) is 17.4 Å². The van der Waals surface area contributed by atoms with Gasteiger partial charge in [-0.25, -0.2) is 14.6 Å². The van der Waals surface area contributed by atoms with E-state index in [-0.39, 0.29) is 11.3 Å². The van der Waals surface area contributed by atoms with Crippen LogP contribution in [-0.2, 0) is 6.42 Å². The maximum Gasteiger partial charge on any atom is 0.354 e. The molecule has 0 fully saturated rings. The van der Waals surface area contributed by atoms with Gasteiger partial charge in [0.2, 0.25) is 0 Å². The minimum atomic E-state index is -1.26. The highest BCUT2D eigenvalue weighted by Crippen LogP contribution is 2.16. The van der Waals surface area contributed by atoms with Gasteiger partial charge >= 0.3 is 11.9 Å². The van der Waals surface area contributed by atoms with Crippen molar-refractivity contribution in [2.24, 2.45) is 0 Å². The Morgan fingerprint density at radius 3 is 2.43 bits per heavy atom. The molecule has 6 nitrogen and oxygen atoms in total. The zero-order valence-corrected chi connectivity index (χ0v) is 11.1. The van der Waals surface area contributed by atoms with Crippen LogP contribution in [0.5, 0.6) is 0 Å². The van der Waals surface area contributed by atoms with Crippen molar-refractivity contribution in [1.29, 1.82) is 0 Å². The molecule has 3 N–H and O–H groups in total. The third-order valence-electron chi connectivity index (χ3n) is 2.93. The number of pyridine rings is 1. The molecule has 0 bridgehead atoms. The summed E-state index contributed by atoms with van der Waals surface area (Å²) in [6.45, 7) is 0.526. The van der Waals surface area contributed by atoms with Gasteiger partial charge in [0, 0.05) is 6.54 Å². The third-order valence-corrected chi connectivity index (χ3v) is 2.93. The lowest BCUT2D eigenvalue weighted by Crippen LogP contribution is -2.12. The number of carboxylic acids is 2. The van der Waals surface area contributed by atoms with Gasteiger partial charge in [-0.1, -0.05) is 30.3 Å². The molecule has 1 aromatic heterocycles. The number of anilines is 1. The van der Waals surface area contributed by atoms with E-state index >= 15 is 0 Å². The van der Waals surface area contributed by atoms with Gasteiger partial charge in [0.15, 0.2) is 0 Å². The molecule has 0 amide bonds. The van der Waals surface area contributed by atoms with E-state index in [1.54, 1.807) is 0 Å². The summed E-state index contributed by atoms with van der Waals surface area (Å²) < 4.78 is 0. The van der Waals surface area contributed by atoms with Crippen molar-refractivity contribution in [2.45, 2.75) is 6.42 Å². The van der Waals surface area contributed by atoms with Crippen LogP contribution in [0.3, 0.4) is 0 Å². The van der Waals surface area contributed by atoms with Crippen molar-refractivity contribution in [1.82, 2.24) is 4.98 Å². The maximum atomic E-state index is 11.2. The third kappa shape index (κ3) is 3.79. The van der Waals surface area contributed by atoms with Crippen LogP contribution in [-0.4, -0.2) is 33.7 Å². The first-order valence-electron chi connectivity index (χ1n) is 6.32. The number of aromatic carboxylic acids is 2. The van der Waals surface area contributed by atoms with Gasteiger partial charge in [-0.05, 0) is 18.1 Å². The molecule has 0 aliphatic heterocycles. The number of benzene rings is 1. The predicted octanol–water partition coefficient (Wildman–Crippen LogP) is 2.13. The van der Waals surface area contributed by atoms with E-state index < -0.39 is 11.9 Å². The molecule has 2 rings (SSSR count). The van der Waals surface area contributed by atoms with Crippen LogP contribution >= 0.6 is 0 Å². The summed E-state index contributed by atoms with van der Waals surface area (Å²) in [5.41, 5.74) is 1.04. The second kappa shape index (κ2) is 6.51. The number of nitrogens with zero attached hydrogens (tertiary/aromatic N) is 1. The molecule has 0 aliphatic carbocycles. The number of carboxylic acid groups (broad SMARTS) is 2. The molecule has 0 saturated heterocycles. The fourth-order valence-electron chi connectivity index (χ4n) is 1.88. The molecule has 6 heteroatoms. The van der Waals surface area contributed by atoms with E-state index in [9.17, 15) is 9.59 Å². The highest BCUT2D eigenvalue weighted by Gasteiger charge is 2.14. The van der Waals surface area contributed by atoms with Gasteiger partial charge in [-0.2, -0.15) is 0 Å². The second-order valence-corrected chi connectivity index (χ2v) is 4.39. The summed E-state index contributed by atoms with van der Waals surface area (Å²) in [6.07, 6.45) is 1.96. The summed E-state index contributed by atoms with van der Waals surface area (Å²) in [4.78, 5) is 25.7. The number of nitrogens with one attached hydrogen (secondary N) is 1. The van der Waals surface area contributed by atoms with Crippen LogP contribution in [0, 0.1) is 0 Å². The minimum absolute atomic E-state index is 0.101. The SMILES string of the molecule is O=C(O)c1cc(C(=O)O)c(NCCc2ccccc2)cn1. The molecular formula is C15H14N2O4. The molecule has 0 saturated carbocycles.